The van der Waals surface area contributed by atoms with Gasteiger partial charge in [0, 0.05) is 31.9 Å². The maximum Gasteiger partial charge on any atom is 0.309 e. The normalized spacial score (nSPS) is 13.4. The lowest BCUT2D eigenvalue weighted by Gasteiger charge is -2.17. The van der Waals surface area contributed by atoms with Gasteiger partial charge in [0.05, 0.1) is 0 Å². The fraction of sp³-hybridized carbons (Fsp3) is 0.364. The second-order valence-electron chi connectivity index (χ2n) is 6.89. The Morgan fingerprint density at radius 1 is 0.815 bits per heavy atom. The van der Waals surface area contributed by atoms with E-state index in [1.807, 2.05) is 30.3 Å². The summed E-state index contributed by atoms with van der Waals surface area (Å²) in [5.74, 6) is -1.16. The molecule has 2 N–H and O–H groups in total. The van der Waals surface area contributed by atoms with E-state index in [1.54, 1.807) is 0 Å². The van der Waals surface area contributed by atoms with Crippen LogP contribution in [-0.4, -0.2) is 31.4 Å². The fourth-order valence-corrected chi connectivity index (χ4v) is 3.28. The molecule has 0 bridgehead atoms. The molecule has 5 heteroatoms. The zero-order valence-electron chi connectivity index (χ0n) is 15.6. The predicted octanol–water partition coefficient (Wildman–Crippen LogP) is 2.65. The molecule has 3 rings (SSSR count). The maximum atomic E-state index is 11.8. The van der Waals surface area contributed by atoms with Crippen molar-refractivity contribution in [2.24, 2.45) is 0 Å². The number of hydrogen-bond acceptors (Lipinski definition) is 3. The van der Waals surface area contributed by atoms with Gasteiger partial charge in [0.2, 0.25) is 0 Å². The van der Waals surface area contributed by atoms with E-state index >= 15 is 0 Å². The number of carbonyl (C=O) groups excluding carboxylic acids is 2. The van der Waals surface area contributed by atoms with Crippen molar-refractivity contribution in [3.05, 3.63) is 65.7 Å². The van der Waals surface area contributed by atoms with E-state index in [1.165, 1.54) is 24.1 Å². The van der Waals surface area contributed by atoms with Crippen LogP contribution in [0.1, 0.15) is 30.4 Å². The number of hydrogen-bond donors (Lipinski definition) is 2. The highest BCUT2D eigenvalue weighted by atomic mass is 16.2. The quantitative estimate of drug-likeness (QED) is 0.586. The van der Waals surface area contributed by atoms with Gasteiger partial charge in [-0.05, 0) is 48.9 Å². The summed E-state index contributed by atoms with van der Waals surface area (Å²) in [6, 6.07) is 18.2. The van der Waals surface area contributed by atoms with E-state index in [9.17, 15) is 9.59 Å². The minimum atomic E-state index is -0.589. The standard InChI is InChI=1S/C22H27N3O2/c26-21(22(27)24-17-19-7-2-1-3-8-19)23-14-6-9-18-10-12-20(13-11-18)25-15-4-5-16-25/h1-3,7-8,10-13H,4-6,9,14-17H2,(H,23,26)(H,24,27). The molecule has 142 valence electrons. The molecule has 0 aromatic heterocycles. The Bertz CT molecular complexity index is 738. The molecule has 0 aliphatic carbocycles. The summed E-state index contributed by atoms with van der Waals surface area (Å²) in [7, 11) is 0. The second-order valence-corrected chi connectivity index (χ2v) is 6.89. The van der Waals surface area contributed by atoms with Gasteiger partial charge in [-0.3, -0.25) is 9.59 Å². The van der Waals surface area contributed by atoms with Crippen molar-refractivity contribution < 1.29 is 9.59 Å². The summed E-state index contributed by atoms with van der Waals surface area (Å²) in [5, 5.41) is 5.32. The molecule has 0 saturated carbocycles. The number of carbonyl (C=O) groups is 2. The van der Waals surface area contributed by atoms with Crippen LogP contribution in [-0.2, 0) is 22.6 Å². The van der Waals surface area contributed by atoms with Crippen LogP contribution in [0.4, 0.5) is 5.69 Å². The highest BCUT2D eigenvalue weighted by Gasteiger charge is 2.13. The maximum absolute atomic E-state index is 11.8. The molecule has 1 aliphatic heterocycles. The summed E-state index contributed by atoms with van der Waals surface area (Å²) in [4.78, 5) is 26.1. The average molecular weight is 365 g/mol. The first-order chi connectivity index (χ1) is 13.2. The first-order valence-electron chi connectivity index (χ1n) is 9.66. The highest BCUT2D eigenvalue weighted by molar-refractivity contribution is 6.35. The molecule has 1 aliphatic rings. The van der Waals surface area contributed by atoms with Crippen molar-refractivity contribution in [3.63, 3.8) is 0 Å². The van der Waals surface area contributed by atoms with Gasteiger partial charge >= 0.3 is 11.8 Å². The van der Waals surface area contributed by atoms with Gasteiger partial charge in [0.25, 0.3) is 0 Å². The van der Waals surface area contributed by atoms with Crippen LogP contribution in [0.25, 0.3) is 0 Å². The van der Waals surface area contributed by atoms with Gasteiger partial charge < -0.3 is 15.5 Å². The van der Waals surface area contributed by atoms with E-state index in [0.29, 0.717) is 13.1 Å². The summed E-state index contributed by atoms with van der Waals surface area (Å²) in [5.41, 5.74) is 3.51. The number of rotatable bonds is 7. The van der Waals surface area contributed by atoms with Crippen molar-refractivity contribution in [1.82, 2.24) is 10.6 Å². The molecule has 1 heterocycles. The van der Waals surface area contributed by atoms with Crippen LogP contribution in [0.15, 0.2) is 54.6 Å². The molecule has 0 radical (unpaired) electrons. The number of nitrogens with zero attached hydrogens (tertiary/aromatic N) is 1. The third-order valence-corrected chi connectivity index (χ3v) is 4.84. The molecule has 0 atom stereocenters. The molecule has 5 nitrogen and oxygen atoms in total. The number of aryl methyl sites for hydroxylation is 1. The number of anilines is 1. The van der Waals surface area contributed by atoms with Crippen LogP contribution in [0.5, 0.6) is 0 Å². The van der Waals surface area contributed by atoms with Gasteiger partial charge in [-0.15, -0.1) is 0 Å². The van der Waals surface area contributed by atoms with Crippen LogP contribution in [0.3, 0.4) is 0 Å². The first-order valence-corrected chi connectivity index (χ1v) is 9.66. The SMILES string of the molecule is O=C(NCCCc1ccc(N2CCCC2)cc1)C(=O)NCc1ccccc1. The summed E-state index contributed by atoms with van der Waals surface area (Å²) in [6.07, 6.45) is 4.24. The average Bonchev–Trinajstić information content (AvgIpc) is 3.25. The molecule has 2 aromatic rings. The van der Waals surface area contributed by atoms with Crippen molar-refractivity contribution in [3.8, 4) is 0 Å². The van der Waals surface area contributed by atoms with E-state index in [0.717, 1.165) is 31.5 Å². The van der Waals surface area contributed by atoms with Crippen molar-refractivity contribution in [1.29, 1.82) is 0 Å². The van der Waals surface area contributed by atoms with E-state index < -0.39 is 11.8 Å². The van der Waals surface area contributed by atoms with Crippen LogP contribution >= 0.6 is 0 Å². The summed E-state index contributed by atoms with van der Waals surface area (Å²) < 4.78 is 0. The smallest absolute Gasteiger partial charge is 0.309 e. The number of benzene rings is 2. The Morgan fingerprint density at radius 2 is 1.48 bits per heavy atom. The Morgan fingerprint density at radius 3 is 2.19 bits per heavy atom. The molecule has 0 unspecified atom stereocenters. The number of nitrogens with one attached hydrogen (secondary N) is 2. The van der Waals surface area contributed by atoms with Crippen molar-refractivity contribution in [2.75, 3.05) is 24.5 Å². The van der Waals surface area contributed by atoms with Gasteiger partial charge in [-0.2, -0.15) is 0 Å². The van der Waals surface area contributed by atoms with Gasteiger partial charge in [0.1, 0.15) is 0 Å². The molecular formula is C22H27N3O2. The lowest BCUT2D eigenvalue weighted by Crippen LogP contribution is -2.40. The molecule has 0 spiro atoms. The Kier molecular flexibility index (Phi) is 6.85. The molecular weight excluding hydrogens is 338 g/mol. The Hall–Kier alpha value is -2.82. The van der Waals surface area contributed by atoms with Crippen molar-refractivity contribution in [2.45, 2.75) is 32.2 Å². The monoisotopic (exact) mass is 365 g/mol. The van der Waals surface area contributed by atoms with Gasteiger partial charge in [0.15, 0.2) is 0 Å². The minimum absolute atomic E-state index is 0.358. The zero-order valence-corrected chi connectivity index (χ0v) is 15.6. The topological polar surface area (TPSA) is 61.4 Å². The predicted molar refractivity (Wildman–Crippen MR) is 108 cm³/mol. The Labute approximate surface area is 160 Å². The largest absolute Gasteiger partial charge is 0.372 e. The van der Waals surface area contributed by atoms with Gasteiger partial charge in [-0.1, -0.05) is 42.5 Å². The fourth-order valence-electron chi connectivity index (χ4n) is 3.28. The van der Waals surface area contributed by atoms with Crippen LogP contribution in [0.2, 0.25) is 0 Å². The Balaban J connectivity index is 1.33. The van der Waals surface area contributed by atoms with Crippen molar-refractivity contribution >= 4 is 17.5 Å². The second kappa shape index (κ2) is 9.76. The third kappa shape index (κ3) is 5.84. The van der Waals surface area contributed by atoms with Gasteiger partial charge in [-0.25, -0.2) is 0 Å². The summed E-state index contributed by atoms with van der Waals surface area (Å²) >= 11 is 0. The van der Waals surface area contributed by atoms with Crippen LogP contribution in [0, 0.1) is 0 Å². The molecule has 1 fully saturated rings. The number of amides is 2. The third-order valence-electron chi connectivity index (χ3n) is 4.84. The van der Waals surface area contributed by atoms with Crippen LogP contribution < -0.4 is 15.5 Å². The minimum Gasteiger partial charge on any atom is -0.372 e. The van der Waals surface area contributed by atoms with E-state index in [2.05, 4.69) is 39.8 Å². The lowest BCUT2D eigenvalue weighted by atomic mass is 10.1. The van der Waals surface area contributed by atoms with E-state index in [-0.39, 0.29) is 0 Å². The molecule has 2 amide bonds. The first kappa shape index (κ1) is 19.0. The van der Waals surface area contributed by atoms with E-state index in [4.69, 9.17) is 0 Å². The molecule has 1 saturated heterocycles. The highest BCUT2D eigenvalue weighted by Crippen LogP contribution is 2.20. The molecule has 27 heavy (non-hydrogen) atoms. The zero-order chi connectivity index (χ0) is 18.9. The molecule has 2 aromatic carbocycles. The summed E-state index contributed by atoms with van der Waals surface area (Å²) in [6.45, 7) is 3.15. The lowest BCUT2D eigenvalue weighted by molar-refractivity contribution is -0.139.